The summed E-state index contributed by atoms with van der Waals surface area (Å²) in [6.07, 6.45) is 1.58. The van der Waals surface area contributed by atoms with Gasteiger partial charge >= 0.3 is 12.0 Å². The lowest BCUT2D eigenvalue weighted by Gasteiger charge is -2.26. The standard InChI is InChI=1S/C14H17FN2O3/c1-8-7-10(5-6-11(8)15)16-13(20)17-14(2,12(18)19)9-3-4-9/h5-7,9H,3-4H2,1-2H3,(H,18,19)(H2,16,17,20). The highest BCUT2D eigenvalue weighted by Crippen LogP contribution is 2.39. The SMILES string of the molecule is Cc1cc(NC(=O)NC(C)(C(=O)O)C2CC2)ccc1F. The van der Waals surface area contributed by atoms with Gasteiger partial charge in [0.05, 0.1) is 0 Å². The maximum absolute atomic E-state index is 13.1. The van der Waals surface area contributed by atoms with Gasteiger partial charge < -0.3 is 15.7 Å². The van der Waals surface area contributed by atoms with Crippen LogP contribution in [0.5, 0.6) is 0 Å². The summed E-state index contributed by atoms with van der Waals surface area (Å²) in [6.45, 7) is 3.09. The van der Waals surface area contributed by atoms with Crippen LogP contribution in [0.2, 0.25) is 0 Å². The Labute approximate surface area is 116 Å². The number of nitrogens with one attached hydrogen (secondary N) is 2. The minimum absolute atomic E-state index is 0.0410. The van der Waals surface area contributed by atoms with Crippen LogP contribution in [0.3, 0.4) is 0 Å². The van der Waals surface area contributed by atoms with Gasteiger partial charge in [0.15, 0.2) is 0 Å². The molecule has 5 nitrogen and oxygen atoms in total. The van der Waals surface area contributed by atoms with E-state index in [1.165, 1.54) is 25.1 Å². The second-order valence-corrected chi connectivity index (χ2v) is 5.32. The molecule has 2 rings (SSSR count). The Balaban J connectivity index is 2.04. The predicted octanol–water partition coefficient (Wildman–Crippen LogP) is 2.51. The van der Waals surface area contributed by atoms with Crippen molar-refractivity contribution < 1.29 is 19.1 Å². The maximum Gasteiger partial charge on any atom is 0.329 e. The summed E-state index contributed by atoms with van der Waals surface area (Å²) >= 11 is 0. The molecular weight excluding hydrogens is 263 g/mol. The van der Waals surface area contributed by atoms with Gasteiger partial charge in [0, 0.05) is 5.69 Å². The molecule has 108 valence electrons. The number of carboxylic acid groups (broad SMARTS) is 1. The van der Waals surface area contributed by atoms with Crippen molar-refractivity contribution in [2.75, 3.05) is 5.32 Å². The maximum atomic E-state index is 13.1. The highest BCUT2D eigenvalue weighted by molar-refractivity contribution is 5.94. The van der Waals surface area contributed by atoms with E-state index in [2.05, 4.69) is 10.6 Å². The van der Waals surface area contributed by atoms with E-state index < -0.39 is 17.5 Å². The van der Waals surface area contributed by atoms with Crippen molar-refractivity contribution in [1.82, 2.24) is 5.32 Å². The monoisotopic (exact) mass is 280 g/mol. The second-order valence-electron chi connectivity index (χ2n) is 5.32. The zero-order valence-corrected chi connectivity index (χ0v) is 11.4. The van der Waals surface area contributed by atoms with E-state index in [0.717, 1.165) is 12.8 Å². The van der Waals surface area contributed by atoms with Crippen LogP contribution < -0.4 is 10.6 Å². The molecular formula is C14H17FN2O3. The number of amides is 2. The number of halogens is 1. The van der Waals surface area contributed by atoms with E-state index in [4.69, 9.17) is 0 Å². The molecule has 1 aromatic carbocycles. The average Bonchev–Trinajstić information content (AvgIpc) is 3.17. The highest BCUT2D eigenvalue weighted by atomic mass is 19.1. The number of carbonyl (C=O) groups is 2. The second kappa shape index (κ2) is 5.11. The molecule has 0 saturated heterocycles. The molecule has 0 bridgehead atoms. The normalized spacial score (nSPS) is 17.1. The van der Waals surface area contributed by atoms with Crippen molar-refractivity contribution in [2.45, 2.75) is 32.2 Å². The molecule has 6 heteroatoms. The largest absolute Gasteiger partial charge is 0.480 e. The Hall–Kier alpha value is -2.11. The number of aryl methyl sites for hydroxylation is 1. The minimum atomic E-state index is -1.26. The molecule has 1 fully saturated rings. The molecule has 1 unspecified atom stereocenters. The van der Waals surface area contributed by atoms with Gasteiger partial charge in [-0.05, 0) is 56.4 Å². The fourth-order valence-electron chi connectivity index (χ4n) is 2.11. The quantitative estimate of drug-likeness (QED) is 0.793. The highest BCUT2D eigenvalue weighted by Gasteiger charge is 2.48. The Morgan fingerprint density at radius 1 is 1.40 bits per heavy atom. The van der Waals surface area contributed by atoms with E-state index in [-0.39, 0.29) is 11.7 Å². The minimum Gasteiger partial charge on any atom is -0.480 e. The first-order valence-electron chi connectivity index (χ1n) is 6.41. The number of urea groups is 1. The molecule has 0 aromatic heterocycles. The van der Waals surface area contributed by atoms with E-state index >= 15 is 0 Å². The molecule has 0 aliphatic heterocycles. The van der Waals surface area contributed by atoms with Gasteiger partial charge in [-0.3, -0.25) is 0 Å². The third-order valence-electron chi connectivity index (χ3n) is 3.63. The van der Waals surface area contributed by atoms with Crippen LogP contribution in [0.15, 0.2) is 18.2 Å². The first-order valence-corrected chi connectivity index (χ1v) is 6.41. The van der Waals surface area contributed by atoms with Crippen LogP contribution in [0.4, 0.5) is 14.9 Å². The van der Waals surface area contributed by atoms with E-state index in [0.29, 0.717) is 11.3 Å². The number of carbonyl (C=O) groups excluding carboxylic acids is 1. The molecule has 1 aliphatic rings. The van der Waals surface area contributed by atoms with Gasteiger partial charge in [-0.2, -0.15) is 0 Å². The Kier molecular flexibility index (Phi) is 3.65. The molecule has 20 heavy (non-hydrogen) atoms. The lowest BCUT2D eigenvalue weighted by molar-refractivity contribution is -0.144. The summed E-state index contributed by atoms with van der Waals surface area (Å²) in [6, 6.07) is 3.57. The number of anilines is 1. The van der Waals surface area contributed by atoms with E-state index in [1.54, 1.807) is 6.92 Å². The molecule has 0 radical (unpaired) electrons. The Bertz CT molecular complexity index is 557. The lowest BCUT2D eigenvalue weighted by Crippen LogP contribution is -2.55. The van der Waals surface area contributed by atoms with Crippen molar-refractivity contribution in [2.24, 2.45) is 5.92 Å². The molecule has 1 atom stereocenters. The molecule has 0 spiro atoms. The summed E-state index contributed by atoms with van der Waals surface area (Å²) in [4.78, 5) is 23.2. The fourth-order valence-corrected chi connectivity index (χ4v) is 2.11. The first-order chi connectivity index (χ1) is 9.33. The van der Waals surface area contributed by atoms with Gasteiger partial charge in [-0.15, -0.1) is 0 Å². The van der Waals surface area contributed by atoms with Gasteiger partial charge in [0.2, 0.25) is 0 Å². The fraction of sp³-hybridized carbons (Fsp3) is 0.429. The van der Waals surface area contributed by atoms with Crippen molar-refractivity contribution in [3.05, 3.63) is 29.6 Å². The summed E-state index contributed by atoms with van der Waals surface area (Å²) in [5.41, 5.74) is -0.435. The molecule has 1 saturated carbocycles. The van der Waals surface area contributed by atoms with E-state index in [1.807, 2.05) is 0 Å². The summed E-state index contributed by atoms with van der Waals surface area (Å²) in [5, 5.41) is 14.3. The predicted molar refractivity (Wildman–Crippen MR) is 72.1 cm³/mol. The van der Waals surface area contributed by atoms with Crippen molar-refractivity contribution >= 4 is 17.7 Å². The summed E-state index contributed by atoms with van der Waals surface area (Å²) < 4.78 is 13.1. The molecule has 2 amide bonds. The van der Waals surface area contributed by atoms with Crippen molar-refractivity contribution in [3.63, 3.8) is 0 Å². The smallest absolute Gasteiger partial charge is 0.329 e. The Morgan fingerprint density at radius 2 is 2.05 bits per heavy atom. The number of carboxylic acids is 1. The number of rotatable bonds is 4. The van der Waals surface area contributed by atoms with Gasteiger partial charge in [0.25, 0.3) is 0 Å². The van der Waals surface area contributed by atoms with Crippen LogP contribution in [0, 0.1) is 18.7 Å². The van der Waals surface area contributed by atoms with Gasteiger partial charge in [-0.25, -0.2) is 14.0 Å². The van der Waals surface area contributed by atoms with Crippen LogP contribution in [-0.2, 0) is 4.79 Å². The Morgan fingerprint density at radius 3 is 2.55 bits per heavy atom. The zero-order valence-electron chi connectivity index (χ0n) is 11.4. The van der Waals surface area contributed by atoms with Crippen LogP contribution >= 0.6 is 0 Å². The topological polar surface area (TPSA) is 78.4 Å². The van der Waals surface area contributed by atoms with Crippen LogP contribution in [0.25, 0.3) is 0 Å². The van der Waals surface area contributed by atoms with Gasteiger partial charge in [0.1, 0.15) is 11.4 Å². The average molecular weight is 280 g/mol. The summed E-state index contributed by atoms with van der Waals surface area (Å²) in [7, 11) is 0. The first kappa shape index (κ1) is 14.3. The van der Waals surface area contributed by atoms with Crippen LogP contribution in [0.1, 0.15) is 25.3 Å². The van der Waals surface area contributed by atoms with E-state index in [9.17, 15) is 19.1 Å². The van der Waals surface area contributed by atoms with Gasteiger partial charge in [-0.1, -0.05) is 0 Å². The lowest BCUT2D eigenvalue weighted by atomic mass is 9.96. The van der Waals surface area contributed by atoms with Crippen molar-refractivity contribution in [1.29, 1.82) is 0 Å². The zero-order chi connectivity index (χ0) is 14.9. The molecule has 3 N–H and O–H groups in total. The molecule has 1 aromatic rings. The molecule has 1 aliphatic carbocycles. The number of aliphatic carboxylic acids is 1. The number of hydrogen-bond donors (Lipinski definition) is 3. The third kappa shape index (κ3) is 2.89. The number of hydrogen-bond acceptors (Lipinski definition) is 2. The molecule has 0 heterocycles. The van der Waals surface area contributed by atoms with Crippen LogP contribution in [-0.4, -0.2) is 22.6 Å². The third-order valence-corrected chi connectivity index (χ3v) is 3.63. The number of benzene rings is 1. The summed E-state index contributed by atoms with van der Waals surface area (Å²) in [5.74, 6) is -1.45. The van der Waals surface area contributed by atoms with Crippen molar-refractivity contribution in [3.8, 4) is 0 Å².